The second kappa shape index (κ2) is 10.0. The zero-order valence-corrected chi connectivity index (χ0v) is 12.8. The van der Waals surface area contributed by atoms with Crippen molar-refractivity contribution in [1.29, 1.82) is 0 Å². The van der Waals surface area contributed by atoms with Crippen LogP contribution in [-0.2, 0) is 0 Å². The highest BCUT2D eigenvalue weighted by atomic mass is 14.6. The van der Waals surface area contributed by atoms with Crippen LogP contribution in [0, 0.1) is 5.92 Å². The van der Waals surface area contributed by atoms with Crippen LogP contribution in [0.4, 0.5) is 0 Å². The van der Waals surface area contributed by atoms with Gasteiger partial charge in [-0.3, -0.25) is 0 Å². The number of nitrogens with two attached hydrogens (primary N) is 1. The average Bonchev–Trinajstić information content (AvgIpc) is 2.42. The molecule has 1 aromatic rings. The van der Waals surface area contributed by atoms with Gasteiger partial charge in [0.25, 0.3) is 0 Å². The summed E-state index contributed by atoms with van der Waals surface area (Å²) in [5.74, 6) is 0.865. The molecule has 108 valence electrons. The van der Waals surface area contributed by atoms with Crippen LogP contribution in [-0.4, -0.2) is 0 Å². The Bertz CT molecular complexity index is 305. The van der Waals surface area contributed by atoms with Crippen molar-refractivity contribution >= 4 is 0 Å². The van der Waals surface area contributed by atoms with Crippen LogP contribution in [0.15, 0.2) is 30.3 Å². The fraction of sp³-hybridized carbons (Fsp3) is 0.667. The lowest BCUT2D eigenvalue weighted by Gasteiger charge is -2.11. The van der Waals surface area contributed by atoms with Crippen molar-refractivity contribution in [2.24, 2.45) is 11.7 Å². The first-order valence-electron chi connectivity index (χ1n) is 8.00. The maximum atomic E-state index is 6.19. The molecular formula is C18H31N. The Hall–Kier alpha value is -0.820. The first-order chi connectivity index (χ1) is 9.20. The molecule has 0 saturated heterocycles. The molecule has 0 amide bonds. The van der Waals surface area contributed by atoms with Gasteiger partial charge in [-0.25, -0.2) is 0 Å². The molecule has 1 atom stereocenters. The summed E-state index contributed by atoms with van der Waals surface area (Å²) in [6, 6.07) is 10.7. The predicted molar refractivity (Wildman–Crippen MR) is 85.1 cm³/mol. The van der Waals surface area contributed by atoms with E-state index in [0.29, 0.717) is 0 Å². The molecule has 0 heterocycles. The van der Waals surface area contributed by atoms with Gasteiger partial charge in [0.1, 0.15) is 0 Å². The van der Waals surface area contributed by atoms with Gasteiger partial charge in [-0.1, -0.05) is 89.1 Å². The van der Waals surface area contributed by atoms with Crippen molar-refractivity contribution in [3.05, 3.63) is 35.9 Å². The number of rotatable bonds is 10. The number of benzene rings is 1. The van der Waals surface area contributed by atoms with E-state index in [1.165, 1.54) is 50.5 Å². The van der Waals surface area contributed by atoms with Gasteiger partial charge in [0, 0.05) is 6.04 Å². The maximum Gasteiger partial charge on any atom is 0.0294 e. The van der Waals surface area contributed by atoms with Crippen LogP contribution in [0.25, 0.3) is 0 Å². The highest BCUT2D eigenvalue weighted by molar-refractivity contribution is 5.18. The Morgan fingerprint density at radius 1 is 0.789 bits per heavy atom. The molecule has 1 aromatic carbocycles. The van der Waals surface area contributed by atoms with Gasteiger partial charge in [-0.05, 0) is 17.9 Å². The minimum Gasteiger partial charge on any atom is -0.324 e. The van der Waals surface area contributed by atoms with E-state index in [0.717, 1.165) is 12.3 Å². The second-order valence-corrected chi connectivity index (χ2v) is 6.11. The molecular weight excluding hydrogens is 230 g/mol. The molecule has 0 aliphatic carbocycles. The molecule has 19 heavy (non-hydrogen) atoms. The normalized spacial score (nSPS) is 12.8. The lowest BCUT2D eigenvalue weighted by Crippen LogP contribution is -2.09. The van der Waals surface area contributed by atoms with Gasteiger partial charge in [0.15, 0.2) is 0 Å². The van der Waals surface area contributed by atoms with Crippen LogP contribution in [0.3, 0.4) is 0 Å². The van der Waals surface area contributed by atoms with Gasteiger partial charge in [-0.2, -0.15) is 0 Å². The molecule has 1 unspecified atom stereocenters. The van der Waals surface area contributed by atoms with E-state index >= 15 is 0 Å². The molecule has 0 fully saturated rings. The molecule has 2 N–H and O–H groups in total. The van der Waals surface area contributed by atoms with E-state index in [1.54, 1.807) is 0 Å². The summed E-state index contributed by atoms with van der Waals surface area (Å²) in [7, 11) is 0. The monoisotopic (exact) mass is 261 g/mol. The lowest BCUT2D eigenvalue weighted by molar-refractivity contribution is 0.502. The highest BCUT2D eigenvalue weighted by Crippen LogP contribution is 2.18. The fourth-order valence-electron chi connectivity index (χ4n) is 2.49. The van der Waals surface area contributed by atoms with Gasteiger partial charge < -0.3 is 5.73 Å². The van der Waals surface area contributed by atoms with Gasteiger partial charge in [0.2, 0.25) is 0 Å². The molecule has 0 bridgehead atoms. The predicted octanol–water partition coefficient (Wildman–Crippen LogP) is 5.46. The Balaban J connectivity index is 1.96. The SMILES string of the molecule is CC(C)CCCCCCCCC(N)c1ccccc1. The van der Waals surface area contributed by atoms with Crippen LogP contribution in [0.2, 0.25) is 0 Å². The smallest absolute Gasteiger partial charge is 0.0294 e. The minimum absolute atomic E-state index is 0.224. The lowest BCUT2D eigenvalue weighted by atomic mass is 9.99. The molecule has 0 aliphatic rings. The fourth-order valence-corrected chi connectivity index (χ4v) is 2.49. The van der Waals surface area contributed by atoms with Crippen molar-refractivity contribution in [1.82, 2.24) is 0 Å². The first-order valence-corrected chi connectivity index (χ1v) is 8.00. The quantitative estimate of drug-likeness (QED) is 0.556. The van der Waals surface area contributed by atoms with Gasteiger partial charge in [0.05, 0.1) is 0 Å². The summed E-state index contributed by atoms with van der Waals surface area (Å²) in [5, 5.41) is 0. The van der Waals surface area contributed by atoms with Crippen molar-refractivity contribution in [2.75, 3.05) is 0 Å². The van der Waals surface area contributed by atoms with E-state index in [2.05, 4.69) is 38.1 Å². The second-order valence-electron chi connectivity index (χ2n) is 6.11. The van der Waals surface area contributed by atoms with Gasteiger partial charge >= 0.3 is 0 Å². The first kappa shape index (κ1) is 16.2. The highest BCUT2D eigenvalue weighted by Gasteiger charge is 2.04. The van der Waals surface area contributed by atoms with Crippen LogP contribution in [0.1, 0.15) is 76.8 Å². The molecule has 0 radical (unpaired) electrons. The standard InChI is InChI=1S/C18H31N/c1-16(2)12-8-5-3-4-6-11-15-18(19)17-13-9-7-10-14-17/h7,9-10,13-14,16,18H,3-6,8,11-12,15,19H2,1-2H3. The summed E-state index contributed by atoms with van der Waals surface area (Å²) >= 11 is 0. The van der Waals surface area contributed by atoms with Crippen molar-refractivity contribution in [3.8, 4) is 0 Å². The van der Waals surface area contributed by atoms with Crippen LogP contribution < -0.4 is 5.73 Å². The molecule has 0 spiro atoms. The molecule has 1 heteroatoms. The Morgan fingerprint density at radius 2 is 1.32 bits per heavy atom. The molecule has 0 aromatic heterocycles. The molecule has 1 nitrogen and oxygen atoms in total. The van der Waals surface area contributed by atoms with E-state index in [9.17, 15) is 0 Å². The van der Waals surface area contributed by atoms with Crippen LogP contribution in [0.5, 0.6) is 0 Å². The number of hydrogen-bond donors (Lipinski definition) is 1. The molecule has 1 rings (SSSR count). The summed E-state index contributed by atoms with van der Waals surface area (Å²) in [6.07, 6.45) is 10.7. The Labute approximate surface area is 119 Å². The third kappa shape index (κ3) is 8.05. The summed E-state index contributed by atoms with van der Waals surface area (Å²) in [4.78, 5) is 0. The largest absolute Gasteiger partial charge is 0.324 e. The maximum absolute atomic E-state index is 6.19. The van der Waals surface area contributed by atoms with Crippen LogP contribution >= 0.6 is 0 Å². The van der Waals surface area contributed by atoms with Gasteiger partial charge in [-0.15, -0.1) is 0 Å². The molecule has 0 saturated carbocycles. The summed E-state index contributed by atoms with van der Waals surface area (Å²) < 4.78 is 0. The number of hydrogen-bond acceptors (Lipinski definition) is 1. The third-order valence-corrected chi connectivity index (χ3v) is 3.77. The number of unbranched alkanes of at least 4 members (excludes halogenated alkanes) is 5. The van der Waals surface area contributed by atoms with Crippen molar-refractivity contribution in [2.45, 2.75) is 71.3 Å². The Kier molecular flexibility index (Phi) is 8.57. The van der Waals surface area contributed by atoms with Crippen molar-refractivity contribution < 1.29 is 0 Å². The zero-order chi connectivity index (χ0) is 13.9. The minimum atomic E-state index is 0.224. The zero-order valence-electron chi connectivity index (χ0n) is 12.8. The Morgan fingerprint density at radius 3 is 1.89 bits per heavy atom. The van der Waals surface area contributed by atoms with E-state index in [-0.39, 0.29) is 6.04 Å². The molecule has 0 aliphatic heterocycles. The average molecular weight is 261 g/mol. The topological polar surface area (TPSA) is 26.0 Å². The summed E-state index contributed by atoms with van der Waals surface area (Å²) in [6.45, 7) is 4.62. The van der Waals surface area contributed by atoms with Crippen molar-refractivity contribution in [3.63, 3.8) is 0 Å². The van der Waals surface area contributed by atoms with E-state index in [4.69, 9.17) is 5.73 Å². The van der Waals surface area contributed by atoms with E-state index < -0.39 is 0 Å². The third-order valence-electron chi connectivity index (χ3n) is 3.77. The summed E-state index contributed by atoms with van der Waals surface area (Å²) in [5.41, 5.74) is 7.47. The van der Waals surface area contributed by atoms with E-state index in [1.807, 2.05) is 6.07 Å².